The number of nitrogens with two attached hydrogens (primary N) is 2. The number of methoxy groups -OCH3 is 1. The minimum Gasteiger partial charge on any atom is -0.497 e. The van der Waals surface area contributed by atoms with Gasteiger partial charge in [0.25, 0.3) is 0 Å². The fourth-order valence-corrected chi connectivity index (χ4v) is 1.77. The number of hydrogen-bond acceptors (Lipinski definition) is 4. The topological polar surface area (TPSA) is 78.3 Å². The molecule has 0 saturated carbocycles. The molecule has 0 aliphatic carbocycles. The predicted octanol–water partition coefficient (Wildman–Crippen LogP) is 2.23. The quantitative estimate of drug-likeness (QED) is 0.655. The molecule has 0 aliphatic rings. The molecule has 2 rings (SSSR count). The van der Waals surface area contributed by atoms with Crippen LogP contribution in [0.25, 0.3) is 0 Å². The van der Waals surface area contributed by atoms with Crippen molar-refractivity contribution < 1.29 is 13.9 Å². The Morgan fingerprint density at radius 3 is 2.26 bits per heavy atom. The lowest BCUT2D eigenvalue weighted by Gasteiger charge is -2.07. The highest BCUT2D eigenvalue weighted by Gasteiger charge is 2.15. The van der Waals surface area contributed by atoms with Gasteiger partial charge < -0.3 is 16.2 Å². The monoisotopic (exact) mass is 260 g/mol. The summed E-state index contributed by atoms with van der Waals surface area (Å²) in [5, 5.41) is 0. The molecule has 2 aromatic carbocycles. The molecule has 0 atom stereocenters. The molecular formula is C14H13FN2O2. The average Bonchev–Trinajstić information content (AvgIpc) is 2.36. The van der Waals surface area contributed by atoms with Crippen molar-refractivity contribution in [3.63, 3.8) is 0 Å². The van der Waals surface area contributed by atoms with Crippen LogP contribution >= 0.6 is 0 Å². The van der Waals surface area contributed by atoms with Gasteiger partial charge in [-0.25, -0.2) is 4.39 Å². The van der Waals surface area contributed by atoms with Gasteiger partial charge in [0.15, 0.2) is 5.78 Å². The first-order chi connectivity index (χ1) is 9.01. The minimum atomic E-state index is -0.648. The standard InChI is InChI=1S/C14H13FN2O2/c1-19-11-2-3-12(13(15)7-11)14(18)8-4-9(16)6-10(17)5-8/h2-7H,16-17H2,1H3. The van der Waals surface area contributed by atoms with Gasteiger partial charge in [0.2, 0.25) is 0 Å². The van der Waals surface area contributed by atoms with Crippen LogP contribution in [0.3, 0.4) is 0 Å². The van der Waals surface area contributed by atoms with E-state index in [1.807, 2.05) is 0 Å². The zero-order chi connectivity index (χ0) is 14.0. The van der Waals surface area contributed by atoms with Crippen LogP contribution in [-0.2, 0) is 0 Å². The first-order valence-electron chi connectivity index (χ1n) is 5.55. The maximum atomic E-state index is 13.8. The Kier molecular flexibility index (Phi) is 3.37. The van der Waals surface area contributed by atoms with Gasteiger partial charge in [0, 0.05) is 23.0 Å². The molecule has 0 spiro atoms. The highest BCUT2D eigenvalue weighted by atomic mass is 19.1. The summed E-state index contributed by atoms with van der Waals surface area (Å²) in [6.07, 6.45) is 0. The van der Waals surface area contributed by atoms with Crippen LogP contribution in [0.5, 0.6) is 5.75 Å². The SMILES string of the molecule is COc1ccc(C(=O)c2cc(N)cc(N)c2)c(F)c1. The van der Waals surface area contributed by atoms with E-state index >= 15 is 0 Å². The Morgan fingerprint density at radius 1 is 1.11 bits per heavy atom. The second kappa shape index (κ2) is 4.97. The second-order valence-electron chi connectivity index (χ2n) is 4.06. The Labute approximate surface area is 109 Å². The lowest BCUT2D eigenvalue weighted by Crippen LogP contribution is -2.06. The molecule has 0 amide bonds. The van der Waals surface area contributed by atoms with Crippen LogP contribution in [0.15, 0.2) is 36.4 Å². The second-order valence-corrected chi connectivity index (χ2v) is 4.06. The maximum Gasteiger partial charge on any atom is 0.196 e. The van der Waals surface area contributed by atoms with Gasteiger partial charge in [-0.3, -0.25) is 4.79 Å². The lowest BCUT2D eigenvalue weighted by atomic mass is 10.0. The molecule has 2 aromatic rings. The number of hydrogen-bond donors (Lipinski definition) is 2. The van der Waals surface area contributed by atoms with E-state index in [1.165, 1.54) is 37.4 Å². The van der Waals surface area contributed by atoms with Crippen LogP contribution in [0.2, 0.25) is 0 Å². The molecule has 19 heavy (non-hydrogen) atoms. The summed E-state index contributed by atoms with van der Waals surface area (Å²) in [5.41, 5.74) is 12.1. The van der Waals surface area contributed by atoms with E-state index in [2.05, 4.69) is 0 Å². The molecule has 0 heterocycles. The maximum absolute atomic E-state index is 13.8. The zero-order valence-electron chi connectivity index (χ0n) is 10.3. The van der Waals surface area contributed by atoms with E-state index in [0.717, 1.165) is 6.07 Å². The molecule has 0 aliphatic heterocycles. The molecule has 5 heteroatoms. The van der Waals surface area contributed by atoms with Gasteiger partial charge in [-0.15, -0.1) is 0 Å². The predicted molar refractivity (Wildman–Crippen MR) is 71.7 cm³/mol. The number of halogens is 1. The lowest BCUT2D eigenvalue weighted by molar-refractivity contribution is 0.103. The number of anilines is 2. The average molecular weight is 260 g/mol. The van der Waals surface area contributed by atoms with Crippen LogP contribution < -0.4 is 16.2 Å². The van der Waals surface area contributed by atoms with Gasteiger partial charge >= 0.3 is 0 Å². The number of ketones is 1. The molecule has 0 fully saturated rings. The molecule has 0 unspecified atom stereocenters. The first kappa shape index (κ1) is 12.9. The highest BCUT2D eigenvalue weighted by molar-refractivity contribution is 6.10. The summed E-state index contributed by atoms with van der Waals surface area (Å²) >= 11 is 0. The van der Waals surface area contributed by atoms with Gasteiger partial charge in [-0.1, -0.05) is 0 Å². The van der Waals surface area contributed by atoms with E-state index in [0.29, 0.717) is 17.1 Å². The molecule has 98 valence electrons. The summed E-state index contributed by atoms with van der Waals surface area (Å²) in [4.78, 5) is 12.2. The van der Waals surface area contributed by atoms with E-state index < -0.39 is 11.6 Å². The highest BCUT2D eigenvalue weighted by Crippen LogP contribution is 2.21. The summed E-state index contributed by atoms with van der Waals surface area (Å²) in [5.74, 6) is -0.773. The number of carbonyl (C=O) groups is 1. The Hall–Kier alpha value is -2.56. The third kappa shape index (κ3) is 2.65. The molecule has 4 N–H and O–H groups in total. The van der Waals surface area contributed by atoms with Gasteiger partial charge in [0.05, 0.1) is 12.7 Å². The number of carbonyl (C=O) groups excluding carboxylic acids is 1. The molecule has 0 radical (unpaired) electrons. The van der Waals surface area contributed by atoms with Gasteiger partial charge in [-0.05, 0) is 30.3 Å². The van der Waals surface area contributed by atoms with Crippen molar-refractivity contribution in [3.05, 3.63) is 53.3 Å². The zero-order valence-corrected chi connectivity index (χ0v) is 10.3. The molecule has 4 nitrogen and oxygen atoms in total. The van der Waals surface area contributed by atoms with Crippen molar-refractivity contribution in [3.8, 4) is 5.75 Å². The van der Waals surface area contributed by atoms with E-state index in [-0.39, 0.29) is 11.1 Å². The van der Waals surface area contributed by atoms with Gasteiger partial charge in [-0.2, -0.15) is 0 Å². The summed E-state index contributed by atoms with van der Waals surface area (Å²) in [6.45, 7) is 0. The van der Waals surface area contributed by atoms with Crippen molar-refractivity contribution in [1.82, 2.24) is 0 Å². The van der Waals surface area contributed by atoms with E-state index in [9.17, 15) is 9.18 Å². The third-order valence-corrected chi connectivity index (χ3v) is 2.66. The number of ether oxygens (including phenoxy) is 1. The molecule has 0 bridgehead atoms. The van der Waals surface area contributed by atoms with Crippen LogP contribution in [0, 0.1) is 5.82 Å². The first-order valence-corrected chi connectivity index (χ1v) is 5.55. The number of rotatable bonds is 3. The fourth-order valence-electron chi connectivity index (χ4n) is 1.77. The summed E-state index contributed by atoms with van der Waals surface area (Å²) in [6, 6.07) is 8.50. The van der Waals surface area contributed by atoms with Crippen LogP contribution in [0.1, 0.15) is 15.9 Å². The van der Waals surface area contributed by atoms with Crippen LogP contribution in [-0.4, -0.2) is 12.9 Å². The van der Waals surface area contributed by atoms with Crippen molar-refractivity contribution in [2.45, 2.75) is 0 Å². The van der Waals surface area contributed by atoms with Crippen molar-refractivity contribution in [2.75, 3.05) is 18.6 Å². The van der Waals surface area contributed by atoms with Crippen molar-refractivity contribution in [1.29, 1.82) is 0 Å². The Bertz CT molecular complexity index is 621. The molecule has 0 saturated heterocycles. The van der Waals surface area contributed by atoms with Gasteiger partial charge in [0.1, 0.15) is 11.6 Å². The van der Waals surface area contributed by atoms with Crippen molar-refractivity contribution in [2.24, 2.45) is 0 Å². The summed E-state index contributed by atoms with van der Waals surface area (Å²) in [7, 11) is 1.43. The molecule has 0 aromatic heterocycles. The number of nitrogen functional groups attached to an aromatic ring is 2. The smallest absolute Gasteiger partial charge is 0.196 e. The molecular weight excluding hydrogens is 247 g/mol. The Balaban J connectivity index is 2.44. The van der Waals surface area contributed by atoms with E-state index in [4.69, 9.17) is 16.2 Å². The Morgan fingerprint density at radius 2 is 1.74 bits per heavy atom. The minimum absolute atomic E-state index is 0.0502. The van der Waals surface area contributed by atoms with Crippen molar-refractivity contribution >= 4 is 17.2 Å². The largest absolute Gasteiger partial charge is 0.497 e. The van der Waals surface area contributed by atoms with Crippen LogP contribution in [0.4, 0.5) is 15.8 Å². The fraction of sp³-hybridized carbons (Fsp3) is 0.0714. The summed E-state index contributed by atoms with van der Waals surface area (Å²) < 4.78 is 18.7. The normalized spacial score (nSPS) is 10.2. The third-order valence-electron chi connectivity index (χ3n) is 2.66. The number of benzene rings is 2. The van der Waals surface area contributed by atoms with E-state index in [1.54, 1.807) is 0 Å².